The Bertz CT molecular complexity index is 371. The van der Waals surface area contributed by atoms with E-state index in [1.54, 1.807) is 6.07 Å². The van der Waals surface area contributed by atoms with Gasteiger partial charge in [-0.1, -0.05) is 6.92 Å². The van der Waals surface area contributed by atoms with Gasteiger partial charge in [-0.3, -0.25) is 4.79 Å². The Balaban J connectivity index is 2.26. The van der Waals surface area contributed by atoms with Gasteiger partial charge in [0, 0.05) is 37.0 Å². The third-order valence-corrected chi connectivity index (χ3v) is 2.43. The van der Waals surface area contributed by atoms with E-state index in [0.29, 0.717) is 18.7 Å². The molecular weight excluding hydrogens is 221 g/mol. The molecule has 94 valence electrons. The van der Waals surface area contributed by atoms with Crippen molar-refractivity contribution in [3.05, 3.63) is 24.3 Å². The normalized spacial score (nSPS) is 11.9. The summed E-state index contributed by atoms with van der Waals surface area (Å²) in [5.41, 5.74) is 0.633. The van der Waals surface area contributed by atoms with Crippen LogP contribution >= 0.6 is 0 Å². The number of halogens is 1. The van der Waals surface area contributed by atoms with Crippen molar-refractivity contribution < 1.29 is 9.18 Å². The van der Waals surface area contributed by atoms with Crippen LogP contribution in [-0.4, -0.2) is 23.5 Å². The fourth-order valence-corrected chi connectivity index (χ4v) is 1.28. The maximum absolute atomic E-state index is 12.7. The van der Waals surface area contributed by atoms with Crippen LogP contribution < -0.4 is 10.6 Å². The Hall–Kier alpha value is -1.65. The zero-order chi connectivity index (χ0) is 12.7. The van der Waals surface area contributed by atoms with Crippen molar-refractivity contribution in [3.63, 3.8) is 0 Å². The van der Waals surface area contributed by atoms with Crippen LogP contribution in [0, 0.1) is 5.95 Å². The van der Waals surface area contributed by atoms with Crippen LogP contribution in [0.1, 0.15) is 26.7 Å². The minimum Gasteiger partial charge on any atom is -0.384 e. The summed E-state index contributed by atoms with van der Waals surface area (Å²) in [4.78, 5) is 14.9. The highest BCUT2D eigenvalue weighted by Crippen LogP contribution is 2.06. The summed E-state index contributed by atoms with van der Waals surface area (Å²) in [6.45, 7) is 4.46. The fraction of sp³-hybridized carbons (Fsp3) is 0.500. The van der Waals surface area contributed by atoms with Gasteiger partial charge in [-0.25, -0.2) is 4.98 Å². The molecule has 1 rings (SSSR count). The molecule has 1 unspecified atom stereocenters. The van der Waals surface area contributed by atoms with Gasteiger partial charge < -0.3 is 10.6 Å². The van der Waals surface area contributed by atoms with E-state index in [4.69, 9.17) is 0 Å². The quantitative estimate of drug-likeness (QED) is 0.746. The Labute approximate surface area is 101 Å². The maximum atomic E-state index is 12.7. The van der Waals surface area contributed by atoms with Crippen LogP contribution in [0.2, 0.25) is 0 Å². The van der Waals surface area contributed by atoms with Gasteiger partial charge in [0.2, 0.25) is 11.9 Å². The summed E-state index contributed by atoms with van der Waals surface area (Å²) in [7, 11) is 0. The molecule has 0 spiro atoms. The lowest BCUT2D eigenvalue weighted by molar-refractivity contribution is -0.121. The second-order valence-electron chi connectivity index (χ2n) is 3.92. The van der Waals surface area contributed by atoms with Gasteiger partial charge in [-0.05, 0) is 19.4 Å². The van der Waals surface area contributed by atoms with Crippen LogP contribution in [0.3, 0.4) is 0 Å². The van der Waals surface area contributed by atoms with Crippen molar-refractivity contribution in [2.45, 2.75) is 32.7 Å². The summed E-state index contributed by atoms with van der Waals surface area (Å²) in [6, 6.07) is 3.16. The number of aromatic nitrogens is 1. The topological polar surface area (TPSA) is 54.0 Å². The average molecular weight is 239 g/mol. The molecule has 0 radical (unpaired) electrons. The standard InChI is InChI=1S/C12H18FN3O/c1-3-9(2)16-12(17)5-7-14-10-4-6-15-11(13)8-10/h4,6,8-9H,3,5,7H2,1-2H3,(H,14,15)(H,16,17). The van der Waals surface area contributed by atoms with Crippen molar-refractivity contribution >= 4 is 11.6 Å². The molecule has 4 nitrogen and oxygen atoms in total. The van der Waals surface area contributed by atoms with E-state index < -0.39 is 5.95 Å². The SMILES string of the molecule is CCC(C)NC(=O)CCNc1ccnc(F)c1. The number of pyridine rings is 1. The highest BCUT2D eigenvalue weighted by atomic mass is 19.1. The van der Waals surface area contributed by atoms with Crippen molar-refractivity contribution in [1.82, 2.24) is 10.3 Å². The van der Waals surface area contributed by atoms with Crippen LogP contribution in [0.5, 0.6) is 0 Å². The van der Waals surface area contributed by atoms with E-state index in [9.17, 15) is 9.18 Å². The zero-order valence-electron chi connectivity index (χ0n) is 10.2. The first-order valence-electron chi connectivity index (χ1n) is 5.76. The number of carbonyl (C=O) groups is 1. The molecule has 2 N–H and O–H groups in total. The number of nitrogens with one attached hydrogen (secondary N) is 2. The van der Waals surface area contributed by atoms with Crippen molar-refractivity contribution in [1.29, 1.82) is 0 Å². The molecule has 17 heavy (non-hydrogen) atoms. The first-order valence-corrected chi connectivity index (χ1v) is 5.76. The van der Waals surface area contributed by atoms with Gasteiger partial charge in [-0.2, -0.15) is 4.39 Å². The Morgan fingerprint density at radius 2 is 2.35 bits per heavy atom. The van der Waals surface area contributed by atoms with Gasteiger partial charge >= 0.3 is 0 Å². The third kappa shape index (κ3) is 5.29. The van der Waals surface area contributed by atoms with Gasteiger partial charge in [0.05, 0.1) is 0 Å². The smallest absolute Gasteiger partial charge is 0.221 e. The van der Waals surface area contributed by atoms with Crippen molar-refractivity contribution in [2.75, 3.05) is 11.9 Å². The number of nitrogens with zero attached hydrogens (tertiary/aromatic N) is 1. The number of hydrogen-bond acceptors (Lipinski definition) is 3. The molecule has 0 aliphatic heterocycles. The third-order valence-electron chi connectivity index (χ3n) is 2.43. The molecule has 0 saturated carbocycles. The predicted molar refractivity (Wildman–Crippen MR) is 65.2 cm³/mol. The number of anilines is 1. The van der Waals surface area contributed by atoms with Crippen LogP contribution in [0.4, 0.5) is 10.1 Å². The van der Waals surface area contributed by atoms with Gasteiger partial charge in [0.25, 0.3) is 0 Å². The molecule has 5 heteroatoms. The highest BCUT2D eigenvalue weighted by Gasteiger charge is 2.04. The van der Waals surface area contributed by atoms with E-state index in [0.717, 1.165) is 6.42 Å². The highest BCUT2D eigenvalue weighted by molar-refractivity contribution is 5.76. The molecule has 0 aliphatic rings. The molecule has 0 saturated heterocycles. The van der Waals surface area contributed by atoms with E-state index in [2.05, 4.69) is 15.6 Å². The molecule has 1 aromatic rings. The zero-order valence-corrected chi connectivity index (χ0v) is 10.2. The van der Waals surface area contributed by atoms with E-state index in [1.807, 2.05) is 13.8 Å². The minimum atomic E-state index is -0.529. The molecular formula is C12H18FN3O. The van der Waals surface area contributed by atoms with Crippen LogP contribution in [0.15, 0.2) is 18.3 Å². The molecule has 0 aromatic carbocycles. The molecule has 1 heterocycles. The van der Waals surface area contributed by atoms with Gasteiger partial charge in [0.15, 0.2) is 0 Å². The second kappa shape index (κ2) is 6.83. The Kier molecular flexibility index (Phi) is 5.39. The van der Waals surface area contributed by atoms with Gasteiger partial charge in [0.1, 0.15) is 0 Å². The number of amides is 1. The van der Waals surface area contributed by atoms with Crippen molar-refractivity contribution in [2.24, 2.45) is 0 Å². The summed E-state index contributed by atoms with van der Waals surface area (Å²) >= 11 is 0. The minimum absolute atomic E-state index is 0.00128. The summed E-state index contributed by atoms with van der Waals surface area (Å²) in [5.74, 6) is -0.527. The summed E-state index contributed by atoms with van der Waals surface area (Å²) < 4.78 is 12.7. The first-order chi connectivity index (χ1) is 8.11. The molecule has 0 aliphatic carbocycles. The van der Waals surface area contributed by atoms with Crippen LogP contribution in [-0.2, 0) is 4.79 Å². The molecule has 0 bridgehead atoms. The number of carbonyl (C=O) groups excluding carboxylic acids is 1. The van der Waals surface area contributed by atoms with Crippen molar-refractivity contribution in [3.8, 4) is 0 Å². The molecule has 0 fully saturated rings. The summed E-state index contributed by atoms with van der Waals surface area (Å²) in [5, 5.41) is 5.83. The lowest BCUT2D eigenvalue weighted by Gasteiger charge is -2.11. The average Bonchev–Trinajstić information content (AvgIpc) is 2.29. The Morgan fingerprint density at radius 1 is 1.59 bits per heavy atom. The largest absolute Gasteiger partial charge is 0.384 e. The van der Waals surface area contributed by atoms with E-state index in [1.165, 1.54) is 12.3 Å². The summed E-state index contributed by atoms with van der Waals surface area (Å²) in [6.07, 6.45) is 2.67. The van der Waals surface area contributed by atoms with Crippen LogP contribution in [0.25, 0.3) is 0 Å². The molecule has 1 amide bonds. The number of hydrogen-bond donors (Lipinski definition) is 2. The predicted octanol–water partition coefficient (Wildman–Crippen LogP) is 1.94. The lowest BCUT2D eigenvalue weighted by Crippen LogP contribution is -2.32. The monoisotopic (exact) mass is 239 g/mol. The Morgan fingerprint density at radius 3 is 3.00 bits per heavy atom. The first kappa shape index (κ1) is 13.4. The maximum Gasteiger partial charge on any atom is 0.221 e. The molecule has 1 atom stereocenters. The van der Waals surface area contributed by atoms with E-state index in [-0.39, 0.29) is 11.9 Å². The lowest BCUT2D eigenvalue weighted by atomic mass is 10.2. The van der Waals surface area contributed by atoms with E-state index >= 15 is 0 Å². The van der Waals surface area contributed by atoms with Gasteiger partial charge in [-0.15, -0.1) is 0 Å². The molecule has 1 aromatic heterocycles. The number of rotatable bonds is 6. The fourth-order valence-electron chi connectivity index (χ4n) is 1.28. The second-order valence-corrected chi connectivity index (χ2v) is 3.92.